The van der Waals surface area contributed by atoms with Gasteiger partial charge in [0.2, 0.25) is 0 Å². The lowest BCUT2D eigenvalue weighted by Gasteiger charge is -2.08. The molecular weight excluding hydrogens is 230 g/mol. The molecule has 0 radical (unpaired) electrons. The second kappa shape index (κ2) is 3.82. The molecule has 0 spiro atoms. The van der Waals surface area contributed by atoms with Gasteiger partial charge in [0.25, 0.3) is 0 Å². The number of hydrogen-bond acceptors (Lipinski definition) is 2. The lowest BCUT2D eigenvalue weighted by atomic mass is 10.2. The third-order valence-electron chi connectivity index (χ3n) is 2.81. The number of nitrogens with one attached hydrogen (secondary N) is 1. The normalized spacial score (nSPS) is 10.9. The highest BCUT2D eigenvalue weighted by Gasteiger charge is 2.07. The summed E-state index contributed by atoms with van der Waals surface area (Å²) in [5.74, 6) is 0. The van der Waals surface area contributed by atoms with E-state index in [4.69, 9.17) is 12.2 Å². The van der Waals surface area contributed by atoms with E-state index in [0.29, 0.717) is 4.77 Å². The van der Waals surface area contributed by atoms with Crippen LogP contribution in [0.15, 0.2) is 42.7 Å². The third-order valence-corrected chi connectivity index (χ3v) is 3.11. The Morgan fingerprint density at radius 1 is 1.24 bits per heavy atom. The Labute approximate surface area is 104 Å². The van der Waals surface area contributed by atoms with Crippen LogP contribution in [-0.2, 0) is 0 Å². The van der Waals surface area contributed by atoms with E-state index < -0.39 is 0 Å². The van der Waals surface area contributed by atoms with Gasteiger partial charge in [0.1, 0.15) is 0 Å². The molecule has 84 valence electrons. The average molecular weight is 241 g/mol. The number of rotatable bonds is 1. The Bertz CT molecular complexity index is 734. The molecule has 0 aliphatic rings. The average Bonchev–Trinajstić information content (AvgIpc) is 2.69. The van der Waals surface area contributed by atoms with Crippen LogP contribution in [0.1, 0.15) is 5.69 Å². The van der Waals surface area contributed by atoms with Crippen LogP contribution in [0.5, 0.6) is 0 Å². The minimum Gasteiger partial charge on any atom is -0.337 e. The Hall–Kier alpha value is -1.94. The number of benzene rings is 1. The van der Waals surface area contributed by atoms with Gasteiger partial charge in [0.05, 0.1) is 11.2 Å². The van der Waals surface area contributed by atoms with Gasteiger partial charge in [-0.1, -0.05) is 18.2 Å². The lowest BCUT2D eigenvalue weighted by Crippen LogP contribution is -1.98. The summed E-state index contributed by atoms with van der Waals surface area (Å²) in [6.45, 7) is 2.02. The highest BCUT2D eigenvalue weighted by atomic mass is 32.1. The number of aromatic amines is 1. The van der Waals surface area contributed by atoms with Crippen molar-refractivity contribution in [2.24, 2.45) is 0 Å². The van der Waals surface area contributed by atoms with Crippen molar-refractivity contribution in [2.45, 2.75) is 6.92 Å². The van der Waals surface area contributed by atoms with Crippen LogP contribution in [0.25, 0.3) is 16.6 Å². The summed E-state index contributed by atoms with van der Waals surface area (Å²) in [6.07, 6.45) is 3.71. The molecule has 0 atom stereocenters. The van der Waals surface area contributed by atoms with Crippen molar-refractivity contribution in [3.05, 3.63) is 53.2 Å². The predicted octanol–water partition coefficient (Wildman–Crippen LogP) is 3.39. The maximum Gasteiger partial charge on any atom is 0.182 e. The minimum absolute atomic E-state index is 0.695. The number of pyridine rings is 1. The zero-order valence-electron chi connectivity index (χ0n) is 9.34. The molecule has 0 saturated heterocycles. The van der Waals surface area contributed by atoms with Crippen LogP contribution in [0.4, 0.5) is 0 Å². The van der Waals surface area contributed by atoms with Gasteiger partial charge in [-0.05, 0) is 31.3 Å². The number of para-hydroxylation sites is 1. The first-order valence-electron chi connectivity index (χ1n) is 5.38. The number of fused-ring (bicyclic) bond motifs is 1. The fourth-order valence-corrected chi connectivity index (χ4v) is 2.32. The van der Waals surface area contributed by atoms with E-state index >= 15 is 0 Å². The zero-order chi connectivity index (χ0) is 11.8. The summed E-state index contributed by atoms with van der Waals surface area (Å²) < 4.78 is 2.70. The first-order chi connectivity index (χ1) is 8.27. The van der Waals surface area contributed by atoms with E-state index in [1.165, 1.54) is 0 Å². The molecule has 3 nitrogen and oxygen atoms in total. The second-order valence-electron chi connectivity index (χ2n) is 3.92. The van der Waals surface area contributed by atoms with Crippen LogP contribution in [0.3, 0.4) is 0 Å². The van der Waals surface area contributed by atoms with Crippen molar-refractivity contribution in [3.63, 3.8) is 0 Å². The Balaban J connectivity index is 2.43. The Morgan fingerprint density at radius 2 is 2.06 bits per heavy atom. The van der Waals surface area contributed by atoms with Crippen molar-refractivity contribution in [3.8, 4) is 5.69 Å². The third kappa shape index (κ3) is 1.57. The van der Waals surface area contributed by atoms with E-state index in [1.54, 1.807) is 6.20 Å². The summed E-state index contributed by atoms with van der Waals surface area (Å²) in [7, 11) is 0. The molecule has 2 heterocycles. The van der Waals surface area contributed by atoms with Crippen LogP contribution in [0.2, 0.25) is 0 Å². The SMILES string of the molecule is Cc1c[nH]c(=S)n1-c1cccc2cccnc12. The predicted molar refractivity (Wildman–Crippen MR) is 71.0 cm³/mol. The van der Waals surface area contributed by atoms with Gasteiger partial charge in [-0.3, -0.25) is 9.55 Å². The number of nitrogens with zero attached hydrogens (tertiary/aromatic N) is 2. The molecular formula is C13H11N3S. The molecule has 1 N–H and O–H groups in total. The van der Waals surface area contributed by atoms with Crippen molar-refractivity contribution < 1.29 is 0 Å². The molecule has 2 aromatic heterocycles. The number of aromatic nitrogens is 3. The summed E-state index contributed by atoms with van der Waals surface area (Å²) >= 11 is 5.30. The van der Waals surface area contributed by atoms with Crippen LogP contribution >= 0.6 is 12.2 Å². The summed E-state index contributed by atoms with van der Waals surface area (Å²) in [5, 5.41) is 1.12. The standard InChI is InChI=1S/C13H11N3S/c1-9-8-15-13(17)16(9)11-6-2-4-10-5-3-7-14-12(10)11/h2-8H,1H3,(H,15,17). The fraction of sp³-hybridized carbons (Fsp3) is 0.0769. The van der Waals surface area contributed by atoms with E-state index in [9.17, 15) is 0 Å². The molecule has 0 saturated carbocycles. The van der Waals surface area contributed by atoms with Crippen LogP contribution < -0.4 is 0 Å². The summed E-state index contributed by atoms with van der Waals surface area (Å²) in [6, 6.07) is 10.1. The molecule has 17 heavy (non-hydrogen) atoms. The second-order valence-corrected chi connectivity index (χ2v) is 4.31. The van der Waals surface area contributed by atoms with Crippen molar-refractivity contribution >= 4 is 23.1 Å². The van der Waals surface area contributed by atoms with Gasteiger partial charge in [-0.2, -0.15) is 0 Å². The molecule has 3 rings (SSSR count). The number of hydrogen-bond donors (Lipinski definition) is 1. The molecule has 0 unspecified atom stereocenters. The maximum atomic E-state index is 5.30. The summed E-state index contributed by atoms with van der Waals surface area (Å²) in [5.41, 5.74) is 3.06. The lowest BCUT2D eigenvalue weighted by molar-refractivity contribution is 0.990. The minimum atomic E-state index is 0.695. The first-order valence-corrected chi connectivity index (χ1v) is 5.79. The Kier molecular flexibility index (Phi) is 2.30. The van der Waals surface area contributed by atoms with E-state index in [-0.39, 0.29) is 0 Å². The highest BCUT2D eigenvalue weighted by molar-refractivity contribution is 7.71. The molecule has 0 amide bonds. The first kappa shape index (κ1) is 10.2. The fourth-order valence-electron chi connectivity index (χ4n) is 2.02. The molecule has 3 aromatic rings. The van der Waals surface area contributed by atoms with Gasteiger partial charge >= 0.3 is 0 Å². The molecule has 0 fully saturated rings. The Morgan fingerprint density at radius 3 is 2.82 bits per heavy atom. The van der Waals surface area contributed by atoms with Crippen molar-refractivity contribution in [1.29, 1.82) is 0 Å². The molecule has 1 aromatic carbocycles. The van der Waals surface area contributed by atoms with E-state index in [0.717, 1.165) is 22.3 Å². The van der Waals surface area contributed by atoms with Gasteiger partial charge in [0.15, 0.2) is 4.77 Å². The number of H-pyrrole nitrogens is 1. The maximum absolute atomic E-state index is 5.30. The van der Waals surface area contributed by atoms with Gasteiger partial charge in [0, 0.05) is 23.5 Å². The van der Waals surface area contributed by atoms with E-state index in [2.05, 4.69) is 22.1 Å². The topological polar surface area (TPSA) is 33.6 Å². The smallest absolute Gasteiger partial charge is 0.182 e. The van der Waals surface area contributed by atoms with Gasteiger partial charge in [-0.15, -0.1) is 0 Å². The molecule has 0 aliphatic heterocycles. The van der Waals surface area contributed by atoms with Crippen LogP contribution in [-0.4, -0.2) is 14.5 Å². The van der Waals surface area contributed by atoms with Gasteiger partial charge in [-0.25, -0.2) is 0 Å². The molecule has 4 heteroatoms. The van der Waals surface area contributed by atoms with Crippen molar-refractivity contribution in [1.82, 2.24) is 14.5 Å². The summed E-state index contributed by atoms with van der Waals surface area (Å²) in [4.78, 5) is 7.49. The molecule has 0 aliphatic carbocycles. The van der Waals surface area contributed by atoms with Gasteiger partial charge < -0.3 is 4.98 Å². The van der Waals surface area contributed by atoms with Crippen LogP contribution in [0, 0.1) is 11.7 Å². The zero-order valence-corrected chi connectivity index (χ0v) is 10.2. The quantitative estimate of drug-likeness (QED) is 0.662. The monoisotopic (exact) mass is 241 g/mol. The number of aryl methyl sites for hydroxylation is 1. The largest absolute Gasteiger partial charge is 0.337 e. The highest BCUT2D eigenvalue weighted by Crippen LogP contribution is 2.21. The van der Waals surface area contributed by atoms with E-state index in [1.807, 2.05) is 35.9 Å². The molecule has 0 bridgehead atoms. The van der Waals surface area contributed by atoms with Crippen molar-refractivity contribution in [2.75, 3.05) is 0 Å². The number of imidazole rings is 1.